The van der Waals surface area contributed by atoms with Crippen LogP contribution in [0.3, 0.4) is 0 Å². The van der Waals surface area contributed by atoms with Crippen molar-refractivity contribution in [3.05, 3.63) is 29.8 Å². The highest BCUT2D eigenvalue weighted by Crippen LogP contribution is 2.14. The summed E-state index contributed by atoms with van der Waals surface area (Å²) in [6, 6.07) is 7.59. The van der Waals surface area contributed by atoms with Crippen LogP contribution >= 0.6 is 0 Å². The van der Waals surface area contributed by atoms with Gasteiger partial charge in [0, 0.05) is 24.3 Å². The van der Waals surface area contributed by atoms with Crippen molar-refractivity contribution in [2.24, 2.45) is 5.73 Å². The highest BCUT2D eigenvalue weighted by atomic mass is 16.5. The molecule has 1 aromatic carbocycles. The fourth-order valence-corrected chi connectivity index (χ4v) is 1.66. The lowest BCUT2D eigenvalue weighted by Gasteiger charge is -2.23. The van der Waals surface area contributed by atoms with Gasteiger partial charge in [-0.05, 0) is 31.2 Å². The molecule has 0 aliphatic rings. The van der Waals surface area contributed by atoms with E-state index in [2.05, 4.69) is 11.8 Å². The predicted octanol–water partition coefficient (Wildman–Crippen LogP) is 0.806. The molecule has 0 fully saturated rings. The average Bonchev–Trinajstić information content (AvgIpc) is 2.39. The minimum atomic E-state index is 0.0550. The van der Waals surface area contributed by atoms with Crippen LogP contribution in [0, 0.1) is 5.41 Å². The lowest BCUT2D eigenvalue weighted by molar-refractivity contribution is 0.0967. The SMILES string of the molecule is CCN(CCOCCO)c1ccc(C(=N)N)cc1. The molecule has 18 heavy (non-hydrogen) atoms. The number of benzene rings is 1. The molecule has 0 aliphatic heterocycles. The summed E-state index contributed by atoms with van der Waals surface area (Å²) in [6.45, 7) is 4.74. The zero-order valence-corrected chi connectivity index (χ0v) is 10.7. The summed E-state index contributed by atoms with van der Waals surface area (Å²) in [5.74, 6) is 0.0795. The molecule has 5 nitrogen and oxygen atoms in total. The highest BCUT2D eigenvalue weighted by molar-refractivity contribution is 5.95. The molecule has 4 N–H and O–H groups in total. The molecule has 1 aromatic rings. The van der Waals surface area contributed by atoms with Crippen molar-refractivity contribution in [3.63, 3.8) is 0 Å². The third kappa shape index (κ3) is 4.35. The third-order valence-corrected chi connectivity index (χ3v) is 2.67. The molecule has 100 valence electrons. The van der Waals surface area contributed by atoms with Gasteiger partial charge in [-0.2, -0.15) is 0 Å². The number of aliphatic hydroxyl groups excluding tert-OH is 1. The van der Waals surface area contributed by atoms with Crippen molar-refractivity contribution >= 4 is 11.5 Å². The summed E-state index contributed by atoms with van der Waals surface area (Å²) >= 11 is 0. The monoisotopic (exact) mass is 251 g/mol. The second-order valence-electron chi connectivity index (χ2n) is 3.88. The number of ether oxygens (including phenoxy) is 1. The normalized spacial score (nSPS) is 10.3. The number of amidine groups is 1. The number of nitrogens with two attached hydrogens (primary N) is 1. The summed E-state index contributed by atoms with van der Waals surface area (Å²) in [7, 11) is 0. The van der Waals surface area contributed by atoms with Gasteiger partial charge < -0.3 is 20.5 Å². The van der Waals surface area contributed by atoms with Crippen LogP contribution in [0.5, 0.6) is 0 Å². The number of likely N-dealkylation sites (N-methyl/N-ethyl adjacent to an activating group) is 1. The molecule has 0 saturated carbocycles. The lowest BCUT2D eigenvalue weighted by atomic mass is 10.2. The van der Waals surface area contributed by atoms with E-state index in [9.17, 15) is 0 Å². The van der Waals surface area contributed by atoms with E-state index in [1.807, 2.05) is 24.3 Å². The summed E-state index contributed by atoms with van der Waals surface area (Å²) in [5, 5.41) is 16.0. The van der Waals surface area contributed by atoms with Crippen molar-refractivity contribution in [3.8, 4) is 0 Å². The van der Waals surface area contributed by atoms with Crippen LogP contribution < -0.4 is 10.6 Å². The van der Waals surface area contributed by atoms with E-state index in [0.717, 1.165) is 24.3 Å². The smallest absolute Gasteiger partial charge is 0.122 e. The van der Waals surface area contributed by atoms with E-state index in [0.29, 0.717) is 13.2 Å². The molecule has 0 atom stereocenters. The molecule has 1 rings (SSSR count). The van der Waals surface area contributed by atoms with E-state index in [1.54, 1.807) is 0 Å². The summed E-state index contributed by atoms with van der Waals surface area (Å²) < 4.78 is 5.25. The van der Waals surface area contributed by atoms with Gasteiger partial charge in [-0.3, -0.25) is 5.41 Å². The quantitative estimate of drug-likeness (QED) is 0.363. The van der Waals surface area contributed by atoms with Crippen molar-refractivity contribution in [2.45, 2.75) is 6.92 Å². The third-order valence-electron chi connectivity index (χ3n) is 2.67. The van der Waals surface area contributed by atoms with Gasteiger partial charge in [0.05, 0.1) is 19.8 Å². The molecule has 0 saturated heterocycles. The molecule has 0 bridgehead atoms. The number of hydrogen-bond donors (Lipinski definition) is 3. The Balaban J connectivity index is 2.56. The summed E-state index contributed by atoms with van der Waals surface area (Å²) in [4.78, 5) is 2.17. The molecule has 0 radical (unpaired) electrons. The maximum absolute atomic E-state index is 8.62. The summed E-state index contributed by atoms with van der Waals surface area (Å²) in [5.41, 5.74) is 7.22. The van der Waals surface area contributed by atoms with Crippen molar-refractivity contribution in [1.29, 1.82) is 5.41 Å². The first-order valence-corrected chi connectivity index (χ1v) is 6.07. The first-order valence-electron chi connectivity index (χ1n) is 6.07. The van der Waals surface area contributed by atoms with Gasteiger partial charge >= 0.3 is 0 Å². The molecule has 5 heteroatoms. The van der Waals surface area contributed by atoms with Crippen LogP contribution in [0.2, 0.25) is 0 Å². The second kappa shape index (κ2) is 7.68. The van der Waals surface area contributed by atoms with Crippen LogP contribution in [0.1, 0.15) is 12.5 Å². The molecule has 0 unspecified atom stereocenters. The maximum Gasteiger partial charge on any atom is 0.122 e. The predicted molar refractivity (Wildman–Crippen MR) is 73.2 cm³/mol. The highest BCUT2D eigenvalue weighted by Gasteiger charge is 2.04. The molecule has 0 aromatic heterocycles. The molecule has 0 aliphatic carbocycles. The number of anilines is 1. The van der Waals surface area contributed by atoms with Crippen LogP contribution in [0.25, 0.3) is 0 Å². The van der Waals surface area contributed by atoms with Crippen LogP contribution in [-0.4, -0.2) is 43.9 Å². The Bertz CT molecular complexity index is 365. The van der Waals surface area contributed by atoms with E-state index in [-0.39, 0.29) is 12.4 Å². The molecule has 0 spiro atoms. The van der Waals surface area contributed by atoms with Crippen molar-refractivity contribution in [1.82, 2.24) is 0 Å². The first-order chi connectivity index (χ1) is 8.69. The number of nitrogens with one attached hydrogen (secondary N) is 1. The van der Waals surface area contributed by atoms with E-state index in [1.165, 1.54) is 0 Å². The Kier molecular flexibility index (Phi) is 6.18. The van der Waals surface area contributed by atoms with Crippen molar-refractivity contribution in [2.75, 3.05) is 37.8 Å². The Morgan fingerprint density at radius 1 is 1.33 bits per heavy atom. The van der Waals surface area contributed by atoms with E-state index < -0.39 is 0 Å². The standard InChI is InChI=1S/C13H21N3O2/c1-2-16(7-9-18-10-8-17)12-5-3-11(4-6-12)13(14)15/h3-6,17H,2,7-10H2,1H3,(H3,14,15). The van der Waals surface area contributed by atoms with Gasteiger partial charge in [0.15, 0.2) is 0 Å². The zero-order chi connectivity index (χ0) is 13.4. The van der Waals surface area contributed by atoms with Gasteiger partial charge in [-0.25, -0.2) is 0 Å². The number of nitrogens with zero attached hydrogens (tertiary/aromatic N) is 1. The van der Waals surface area contributed by atoms with Crippen molar-refractivity contribution < 1.29 is 9.84 Å². The maximum atomic E-state index is 8.62. The number of nitrogen functional groups attached to an aromatic ring is 1. The largest absolute Gasteiger partial charge is 0.394 e. The lowest BCUT2D eigenvalue weighted by Crippen LogP contribution is -2.27. The zero-order valence-electron chi connectivity index (χ0n) is 10.7. The molecule has 0 amide bonds. The van der Waals surface area contributed by atoms with E-state index >= 15 is 0 Å². The van der Waals surface area contributed by atoms with Gasteiger partial charge in [0.25, 0.3) is 0 Å². The van der Waals surface area contributed by atoms with Crippen LogP contribution in [0.15, 0.2) is 24.3 Å². The average molecular weight is 251 g/mol. The van der Waals surface area contributed by atoms with Gasteiger partial charge in [-0.15, -0.1) is 0 Å². The van der Waals surface area contributed by atoms with Crippen LogP contribution in [-0.2, 0) is 4.74 Å². The fourth-order valence-electron chi connectivity index (χ4n) is 1.66. The number of hydrogen-bond acceptors (Lipinski definition) is 4. The first kappa shape index (κ1) is 14.5. The Morgan fingerprint density at radius 2 is 2.00 bits per heavy atom. The minimum Gasteiger partial charge on any atom is -0.394 e. The Labute approximate surface area is 108 Å². The van der Waals surface area contributed by atoms with E-state index in [4.69, 9.17) is 21.0 Å². The molecule has 0 heterocycles. The molecular formula is C13H21N3O2. The topological polar surface area (TPSA) is 82.6 Å². The minimum absolute atomic E-state index is 0.0550. The second-order valence-corrected chi connectivity index (χ2v) is 3.88. The number of aliphatic hydroxyl groups is 1. The van der Waals surface area contributed by atoms with Crippen LogP contribution in [0.4, 0.5) is 5.69 Å². The van der Waals surface area contributed by atoms with Gasteiger partial charge in [-0.1, -0.05) is 0 Å². The molecular weight excluding hydrogens is 230 g/mol. The number of rotatable bonds is 8. The van der Waals surface area contributed by atoms with Gasteiger partial charge in [0.1, 0.15) is 5.84 Å². The Hall–Kier alpha value is -1.59. The fraction of sp³-hybridized carbons (Fsp3) is 0.462. The van der Waals surface area contributed by atoms with Gasteiger partial charge in [0.2, 0.25) is 0 Å². The Morgan fingerprint density at radius 3 is 2.50 bits per heavy atom. The summed E-state index contributed by atoms with van der Waals surface area (Å²) in [6.07, 6.45) is 0.